The van der Waals surface area contributed by atoms with Crippen molar-refractivity contribution < 1.29 is 9.53 Å². The number of nitrogens with one attached hydrogen (secondary N) is 1. The van der Waals surface area contributed by atoms with E-state index in [2.05, 4.69) is 5.32 Å². The molecule has 94 valence electrons. The minimum absolute atomic E-state index is 0.0715. The molecule has 0 aliphatic heterocycles. The van der Waals surface area contributed by atoms with Crippen LogP contribution in [0.5, 0.6) is 5.75 Å². The zero-order valence-electron chi connectivity index (χ0n) is 10.5. The lowest BCUT2D eigenvalue weighted by Gasteiger charge is -2.10. The van der Waals surface area contributed by atoms with E-state index in [4.69, 9.17) is 16.3 Å². The van der Waals surface area contributed by atoms with Crippen molar-refractivity contribution in [3.05, 3.63) is 28.3 Å². The molecule has 0 radical (unpaired) electrons. The maximum Gasteiger partial charge on any atom is 0.219 e. The second kappa shape index (κ2) is 6.50. The van der Waals surface area contributed by atoms with E-state index in [1.165, 1.54) is 0 Å². The van der Waals surface area contributed by atoms with Gasteiger partial charge in [-0.1, -0.05) is 18.5 Å². The lowest BCUT2D eigenvalue weighted by Crippen LogP contribution is -2.24. The highest BCUT2D eigenvalue weighted by Crippen LogP contribution is 2.27. The molecule has 3 nitrogen and oxygen atoms in total. The summed E-state index contributed by atoms with van der Waals surface area (Å²) in [4.78, 5) is 11.1. The predicted molar refractivity (Wildman–Crippen MR) is 69.7 cm³/mol. The Hall–Kier alpha value is -1.22. The summed E-state index contributed by atoms with van der Waals surface area (Å²) in [7, 11) is 1.60. The number of rotatable bonds is 5. The number of halogens is 1. The highest BCUT2D eigenvalue weighted by Gasteiger charge is 2.06. The average molecular weight is 256 g/mol. The van der Waals surface area contributed by atoms with E-state index in [1.807, 2.05) is 26.0 Å². The molecule has 1 rings (SSSR count). The molecule has 0 heterocycles. The van der Waals surface area contributed by atoms with Crippen LogP contribution in [0.25, 0.3) is 0 Å². The maximum absolute atomic E-state index is 11.1. The number of hydrogen-bond donors (Lipinski definition) is 1. The lowest BCUT2D eigenvalue weighted by atomic mass is 10.1. The smallest absolute Gasteiger partial charge is 0.219 e. The molecule has 1 aromatic carbocycles. The van der Waals surface area contributed by atoms with Crippen molar-refractivity contribution in [2.24, 2.45) is 0 Å². The molecule has 1 amide bonds. The Balaban J connectivity index is 2.65. The molecular weight excluding hydrogens is 238 g/mol. The maximum atomic E-state index is 11.1. The Bertz CT molecular complexity index is 405. The second-order valence-electron chi connectivity index (χ2n) is 3.87. The van der Waals surface area contributed by atoms with Crippen molar-refractivity contribution in [2.75, 3.05) is 13.7 Å². The highest BCUT2D eigenvalue weighted by atomic mass is 35.5. The predicted octanol–water partition coefficient (Wildman–Crippen LogP) is 2.73. The van der Waals surface area contributed by atoms with Gasteiger partial charge in [0, 0.05) is 13.0 Å². The Morgan fingerprint density at radius 1 is 1.47 bits per heavy atom. The normalized spacial score (nSPS) is 10.1. The molecule has 0 aliphatic rings. The minimum Gasteiger partial charge on any atom is -0.495 e. The molecule has 1 aromatic rings. The summed E-state index contributed by atoms with van der Waals surface area (Å²) in [6, 6.07) is 3.81. The molecule has 0 saturated heterocycles. The number of carbonyl (C=O) groups excluding carboxylic acids is 1. The molecule has 4 heteroatoms. The molecule has 0 atom stereocenters. The van der Waals surface area contributed by atoms with Crippen LogP contribution in [0.15, 0.2) is 12.1 Å². The highest BCUT2D eigenvalue weighted by molar-refractivity contribution is 6.32. The van der Waals surface area contributed by atoms with E-state index in [0.29, 0.717) is 23.7 Å². The quantitative estimate of drug-likeness (QED) is 0.879. The van der Waals surface area contributed by atoms with E-state index in [1.54, 1.807) is 7.11 Å². The van der Waals surface area contributed by atoms with Gasteiger partial charge in [-0.25, -0.2) is 0 Å². The SMILES string of the molecule is CCC(=O)NCCc1cc(Cl)c(OC)cc1C. The van der Waals surface area contributed by atoms with Crippen LogP contribution >= 0.6 is 11.6 Å². The van der Waals surface area contributed by atoms with Crippen LogP contribution in [0.3, 0.4) is 0 Å². The van der Waals surface area contributed by atoms with Crippen molar-refractivity contribution in [1.29, 1.82) is 0 Å². The number of amides is 1. The summed E-state index contributed by atoms with van der Waals surface area (Å²) < 4.78 is 5.14. The summed E-state index contributed by atoms with van der Waals surface area (Å²) in [5, 5.41) is 3.45. The largest absolute Gasteiger partial charge is 0.495 e. The van der Waals surface area contributed by atoms with Crippen LogP contribution < -0.4 is 10.1 Å². The summed E-state index contributed by atoms with van der Waals surface area (Å²) in [6.45, 7) is 4.48. The summed E-state index contributed by atoms with van der Waals surface area (Å²) in [5.41, 5.74) is 2.25. The first-order valence-electron chi connectivity index (χ1n) is 5.68. The molecule has 0 bridgehead atoms. The summed E-state index contributed by atoms with van der Waals surface area (Å²) in [5.74, 6) is 0.757. The first-order valence-corrected chi connectivity index (χ1v) is 6.06. The lowest BCUT2D eigenvalue weighted by molar-refractivity contribution is -0.120. The number of hydrogen-bond acceptors (Lipinski definition) is 2. The van der Waals surface area contributed by atoms with Crippen molar-refractivity contribution >= 4 is 17.5 Å². The van der Waals surface area contributed by atoms with Crippen molar-refractivity contribution in [3.63, 3.8) is 0 Å². The van der Waals surface area contributed by atoms with Crippen LogP contribution in [-0.2, 0) is 11.2 Å². The topological polar surface area (TPSA) is 38.3 Å². The minimum atomic E-state index is 0.0715. The van der Waals surface area contributed by atoms with Gasteiger partial charge >= 0.3 is 0 Å². The Morgan fingerprint density at radius 3 is 2.76 bits per heavy atom. The third kappa shape index (κ3) is 3.93. The Labute approximate surface area is 107 Å². The Morgan fingerprint density at radius 2 is 2.18 bits per heavy atom. The van der Waals surface area contributed by atoms with E-state index >= 15 is 0 Å². The summed E-state index contributed by atoms with van der Waals surface area (Å²) in [6.07, 6.45) is 1.30. The van der Waals surface area contributed by atoms with E-state index < -0.39 is 0 Å². The van der Waals surface area contributed by atoms with Crippen LogP contribution in [0.4, 0.5) is 0 Å². The van der Waals surface area contributed by atoms with E-state index in [-0.39, 0.29) is 5.91 Å². The van der Waals surface area contributed by atoms with Gasteiger partial charge < -0.3 is 10.1 Å². The zero-order chi connectivity index (χ0) is 12.8. The average Bonchev–Trinajstić information content (AvgIpc) is 2.32. The monoisotopic (exact) mass is 255 g/mol. The van der Waals surface area contributed by atoms with Gasteiger partial charge in [0.15, 0.2) is 0 Å². The number of carbonyl (C=O) groups is 1. The third-order valence-corrected chi connectivity index (χ3v) is 2.94. The first kappa shape index (κ1) is 13.8. The molecule has 0 unspecified atom stereocenters. The van der Waals surface area contributed by atoms with E-state index in [0.717, 1.165) is 17.5 Å². The van der Waals surface area contributed by atoms with Gasteiger partial charge in [0.1, 0.15) is 5.75 Å². The number of aryl methyl sites for hydroxylation is 1. The van der Waals surface area contributed by atoms with Gasteiger partial charge in [0.2, 0.25) is 5.91 Å². The van der Waals surface area contributed by atoms with Crippen LogP contribution in [0, 0.1) is 6.92 Å². The molecule has 0 aliphatic carbocycles. The fourth-order valence-corrected chi connectivity index (χ4v) is 1.85. The number of benzene rings is 1. The molecule has 0 spiro atoms. The fourth-order valence-electron chi connectivity index (χ4n) is 1.58. The van der Waals surface area contributed by atoms with Crippen LogP contribution in [0.2, 0.25) is 5.02 Å². The first-order chi connectivity index (χ1) is 8.08. The molecule has 0 fully saturated rings. The van der Waals surface area contributed by atoms with Gasteiger partial charge in [0.25, 0.3) is 0 Å². The van der Waals surface area contributed by atoms with Gasteiger partial charge in [-0.15, -0.1) is 0 Å². The van der Waals surface area contributed by atoms with Crippen LogP contribution in [-0.4, -0.2) is 19.6 Å². The van der Waals surface area contributed by atoms with Crippen molar-refractivity contribution in [3.8, 4) is 5.75 Å². The second-order valence-corrected chi connectivity index (χ2v) is 4.27. The third-order valence-electron chi connectivity index (χ3n) is 2.65. The molecule has 1 N–H and O–H groups in total. The molecule has 0 saturated carbocycles. The fraction of sp³-hybridized carbons (Fsp3) is 0.462. The number of ether oxygens (including phenoxy) is 1. The number of methoxy groups -OCH3 is 1. The summed E-state index contributed by atoms with van der Waals surface area (Å²) >= 11 is 6.06. The Kier molecular flexibility index (Phi) is 5.29. The molecule has 17 heavy (non-hydrogen) atoms. The molecular formula is C13H18ClNO2. The zero-order valence-corrected chi connectivity index (χ0v) is 11.2. The van der Waals surface area contributed by atoms with Gasteiger partial charge in [-0.05, 0) is 36.6 Å². The van der Waals surface area contributed by atoms with Crippen LogP contribution in [0.1, 0.15) is 24.5 Å². The standard InChI is InChI=1S/C13H18ClNO2/c1-4-13(16)15-6-5-10-8-11(14)12(17-3)7-9(10)2/h7-8H,4-6H2,1-3H3,(H,15,16). The van der Waals surface area contributed by atoms with Gasteiger partial charge in [-0.3, -0.25) is 4.79 Å². The van der Waals surface area contributed by atoms with Crippen molar-refractivity contribution in [1.82, 2.24) is 5.32 Å². The van der Waals surface area contributed by atoms with E-state index in [9.17, 15) is 4.79 Å². The van der Waals surface area contributed by atoms with Crippen molar-refractivity contribution in [2.45, 2.75) is 26.7 Å². The van der Waals surface area contributed by atoms with Gasteiger partial charge in [-0.2, -0.15) is 0 Å². The van der Waals surface area contributed by atoms with Gasteiger partial charge in [0.05, 0.1) is 12.1 Å². The molecule has 0 aromatic heterocycles.